The zero-order chi connectivity index (χ0) is 13.8. The number of hydrogen-bond acceptors (Lipinski definition) is 5. The summed E-state index contributed by atoms with van der Waals surface area (Å²) in [6, 6.07) is 4.77. The number of benzene rings is 1. The number of aromatic nitrogens is 1. The molecule has 6 heteroatoms. The number of rotatable bonds is 5. The van der Waals surface area contributed by atoms with E-state index in [1.807, 2.05) is 18.4 Å². The van der Waals surface area contributed by atoms with Crippen molar-refractivity contribution in [1.29, 1.82) is 0 Å². The Hall–Kier alpha value is -1.50. The van der Waals surface area contributed by atoms with Gasteiger partial charge in [0, 0.05) is 5.38 Å². The number of thiazole rings is 1. The first-order valence-corrected chi connectivity index (χ1v) is 6.72. The van der Waals surface area contributed by atoms with Crippen LogP contribution in [0.25, 0.3) is 0 Å². The normalized spacial score (nSPS) is 12.4. The summed E-state index contributed by atoms with van der Waals surface area (Å²) in [7, 11) is 1.44. The minimum atomic E-state index is -0.370. The summed E-state index contributed by atoms with van der Waals surface area (Å²) < 4.78 is 18.5. The van der Waals surface area contributed by atoms with Crippen molar-refractivity contribution >= 4 is 11.3 Å². The number of nitrogens with two attached hydrogens (primary N) is 1. The van der Waals surface area contributed by atoms with Crippen molar-refractivity contribution in [3.8, 4) is 5.75 Å². The molecule has 0 bridgehead atoms. The summed E-state index contributed by atoms with van der Waals surface area (Å²) in [4.78, 5) is 4.39. The van der Waals surface area contributed by atoms with Crippen LogP contribution in [-0.2, 0) is 6.42 Å². The van der Waals surface area contributed by atoms with Gasteiger partial charge in [-0.3, -0.25) is 11.3 Å². The van der Waals surface area contributed by atoms with Crippen LogP contribution in [0.1, 0.15) is 22.3 Å². The van der Waals surface area contributed by atoms with Crippen molar-refractivity contribution in [2.45, 2.75) is 19.4 Å². The van der Waals surface area contributed by atoms with E-state index >= 15 is 0 Å². The van der Waals surface area contributed by atoms with E-state index in [1.54, 1.807) is 17.4 Å². The van der Waals surface area contributed by atoms with Crippen LogP contribution in [0.2, 0.25) is 0 Å². The van der Waals surface area contributed by atoms with Crippen molar-refractivity contribution in [2.75, 3.05) is 7.11 Å². The second-order valence-corrected chi connectivity index (χ2v) is 5.25. The summed E-state index contributed by atoms with van der Waals surface area (Å²) in [5, 5.41) is 2.94. The summed E-state index contributed by atoms with van der Waals surface area (Å²) in [6.45, 7) is 1.94. The minimum Gasteiger partial charge on any atom is -0.494 e. The number of hydrazine groups is 1. The molecule has 1 atom stereocenters. The first-order chi connectivity index (χ1) is 9.13. The Kier molecular flexibility index (Phi) is 4.47. The number of methoxy groups -OCH3 is 1. The molecule has 0 saturated heterocycles. The van der Waals surface area contributed by atoms with E-state index in [0.29, 0.717) is 6.42 Å². The number of hydrogen-bond donors (Lipinski definition) is 2. The van der Waals surface area contributed by atoms with Crippen LogP contribution in [0.5, 0.6) is 5.75 Å². The third kappa shape index (κ3) is 3.28. The number of ether oxygens (including phenoxy) is 1. The van der Waals surface area contributed by atoms with Gasteiger partial charge in [0.05, 0.1) is 23.9 Å². The smallest absolute Gasteiger partial charge is 0.165 e. The highest BCUT2D eigenvalue weighted by molar-refractivity contribution is 7.09. The van der Waals surface area contributed by atoms with Gasteiger partial charge < -0.3 is 4.74 Å². The maximum Gasteiger partial charge on any atom is 0.165 e. The molecule has 0 amide bonds. The van der Waals surface area contributed by atoms with E-state index in [9.17, 15) is 4.39 Å². The van der Waals surface area contributed by atoms with E-state index in [2.05, 4.69) is 10.4 Å². The van der Waals surface area contributed by atoms with Crippen LogP contribution in [0.3, 0.4) is 0 Å². The molecule has 0 saturated carbocycles. The molecule has 1 unspecified atom stereocenters. The van der Waals surface area contributed by atoms with Gasteiger partial charge in [-0.1, -0.05) is 6.07 Å². The van der Waals surface area contributed by atoms with Gasteiger partial charge in [-0.2, -0.15) is 0 Å². The molecule has 1 aromatic heterocycles. The molecule has 0 spiro atoms. The maximum absolute atomic E-state index is 13.6. The summed E-state index contributed by atoms with van der Waals surface area (Å²) in [5.41, 5.74) is 4.43. The molecule has 4 nitrogen and oxygen atoms in total. The average Bonchev–Trinajstić information content (AvgIpc) is 2.82. The molecule has 2 rings (SSSR count). The Morgan fingerprint density at radius 1 is 1.53 bits per heavy atom. The highest BCUT2D eigenvalue weighted by Crippen LogP contribution is 2.23. The SMILES string of the molecule is COc1ccc(CC(NN)c2csc(C)n2)cc1F. The lowest BCUT2D eigenvalue weighted by Crippen LogP contribution is -2.29. The lowest BCUT2D eigenvalue weighted by atomic mass is 10.0. The second-order valence-electron chi connectivity index (χ2n) is 4.18. The predicted molar refractivity (Wildman–Crippen MR) is 73.6 cm³/mol. The number of halogens is 1. The van der Waals surface area contributed by atoms with Gasteiger partial charge in [-0.15, -0.1) is 11.3 Å². The molecule has 0 aliphatic carbocycles. The van der Waals surface area contributed by atoms with Gasteiger partial charge in [-0.25, -0.2) is 9.37 Å². The van der Waals surface area contributed by atoms with Crippen molar-refractivity contribution in [3.63, 3.8) is 0 Å². The lowest BCUT2D eigenvalue weighted by Gasteiger charge is -2.14. The van der Waals surface area contributed by atoms with Crippen LogP contribution in [0, 0.1) is 12.7 Å². The highest BCUT2D eigenvalue weighted by Gasteiger charge is 2.14. The Balaban J connectivity index is 2.16. The van der Waals surface area contributed by atoms with Crippen molar-refractivity contribution in [1.82, 2.24) is 10.4 Å². The van der Waals surface area contributed by atoms with Gasteiger partial charge in [0.2, 0.25) is 0 Å². The first kappa shape index (κ1) is 13.9. The fourth-order valence-electron chi connectivity index (χ4n) is 1.86. The van der Waals surface area contributed by atoms with Gasteiger partial charge in [0.1, 0.15) is 0 Å². The molecule has 1 heterocycles. The van der Waals surface area contributed by atoms with Crippen LogP contribution in [-0.4, -0.2) is 12.1 Å². The minimum absolute atomic E-state index is 0.127. The van der Waals surface area contributed by atoms with E-state index < -0.39 is 0 Å². The Morgan fingerprint density at radius 3 is 2.84 bits per heavy atom. The predicted octanol–water partition coefficient (Wildman–Crippen LogP) is 2.35. The fraction of sp³-hybridized carbons (Fsp3) is 0.308. The second kappa shape index (κ2) is 6.10. The van der Waals surface area contributed by atoms with Crippen molar-refractivity contribution < 1.29 is 9.13 Å². The highest BCUT2D eigenvalue weighted by atomic mass is 32.1. The Labute approximate surface area is 115 Å². The van der Waals surface area contributed by atoms with Crippen molar-refractivity contribution in [2.24, 2.45) is 5.84 Å². The van der Waals surface area contributed by atoms with Gasteiger partial charge in [0.25, 0.3) is 0 Å². The molecule has 102 valence electrons. The third-order valence-electron chi connectivity index (χ3n) is 2.85. The van der Waals surface area contributed by atoms with E-state index in [-0.39, 0.29) is 17.6 Å². The van der Waals surface area contributed by atoms with Crippen molar-refractivity contribution in [3.05, 3.63) is 45.7 Å². The summed E-state index contributed by atoms with van der Waals surface area (Å²) in [5.74, 6) is 5.42. The summed E-state index contributed by atoms with van der Waals surface area (Å²) >= 11 is 1.57. The molecule has 0 radical (unpaired) electrons. The van der Waals surface area contributed by atoms with Gasteiger partial charge in [-0.05, 0) is 31.0 Å². The van der Waals surface area contributed by atoms with Crippen LogP contribution >= 0.6 is 11.3 Å². The van der Waals surface area contributed by atoms with Crippen LogP contribution < -0.4 is 16.0 Å². The van der Waals surface area contributed by atoms with Gasteiger partial charge >= 0.3 is 0 Å². The largest absolute Gasteiger partial charge is 0.494 e. The standard InChI is InChI=1S/C13H16FN3OS/c1-8-16-12(7-19-8)11(17-15)6-9-3-4-13(18-2)10(14)5-9/h3-5,7,11,17H,6,15H2,1-2H3. The van der Waals surface area contributed by atoms with E-state index in [1.165, 1.54) is 13.2 Å². The van der Waals surface area contributed by atoms with E-state index in [0.717, 1.165) is 16.3 Å². The molecule has 0 aliphatic rings. The van der Waals surface area contributed by atoms with Gasteiger partial charge in [0.15, 0.2) is 11.6 Å². The molecule has 1 aromatic carbocycles. The quantitative estimate of drug-likeness (QED) is 0.652. The lowest BCUT2D eigenvalue weighted by molar-refractivity contribution is 0.386. The third-order valence-corrected chi connectivity index (χ3v) is 3.64. The fourth-order valence-corrected chi connectivity index (χ4v) is 2.53. The number of nitrogens with zero attached hydrogens (tertiary/aromatic N) is 1. The molecule has 0 fully saturated rings. The topological polar surface area (TPSA) is 60.2 Å². The molecule has 19 heavy (non-hydrogen) atoms. The van der Waals surface area contributed by atoms with Crippen LogP contribution in [0.15, 0.2) is 23.6 Å². The number of aryl methyl sites for hydroxylation is 1. The zero-order valence-corrected chi connectivity index (χ0v) is 11.6. The molecular weight excluding hydrogens is 265 g/mol. The monoisotopic (exact) mass is 281 g/mol. The Morgan fingerprint density at radius 2 is 2.32 bits per heavy atom. The molecule has 3 N–H and O–H groups in total. The molecule has 2 aromatic rings. The number of nitrogens with one attached hydrogen (secondary N) is 1. The van der Waals surface area contributed by atoms with Crippen LogP contribution in [0.4, 0.5) is 4.39 Å². The molecular formula is C13H16FN3OS. The molecule has 0 aliphatic heterocycles. The summed E-state index contributed by atoms with van der Waals surface area (Å²) in [6.07, 6.45) is 0.570. The Bertz CT molecular complexity index is 559. The zero-order valence-electron chi connectivity index (χ0n) is 10.8. The first-order valence-electron chi connectivity index (χ1n) is 5.84. The van der Waals surface area contributed by atoms with E-state index in [4.69, 9.17) is 10.6 Å². The maximum atomic E-state index is 13.6. The average molecular weight is 281 g/mol.